The van der Waals surface area contributed by atoms with Crippen molar-refractivity contribution in [2.75, 3.05) is 0 Å². The van der Waals surface area contributed by atoms with E-state index in [0.717, 1.165) is 18.4 Å². The summed E-state index contributed by atoms with van der Waals surface area (Å²) < 4.78 is 19.7. The number of amides is 1. The van der Waals surface area contributed by atoms with Crippen molar-refractivity contribution in [3.8, 4) is 5.75 Å². The lowest BCUT2D eigenvalue weighted by Crippen LogP contribution is -2.41. The second-order valence-electron chi connectivity index (χ2n) is 6.35. The van der Waals surface area contributed by atoms with Crippen LogP contribution in [0.5, 0.6) is 5.75 Å². The maximum Gasteiger partial charge on any atom is 0.263 e. The van der Waals surface area contributed by atoms with E-state index >= 15 is 0 Å². The van der Waals surface area contributed by atoms with Crippen LogP contribution in [0, 0.1) is 5.82 Å². The molecule has 1 saturated carbocycles. The summed E-state index contributed by atoms with van der Waals surface area (Å²) in [6, 6.07) is 13.7. The number of ether oxygens (including phenoxy) is 1. The summed E-state index contributed by atoms with van der Waals surface area (Å²) >= 11 is 0. The van der Waals surface area contributed by atoms with E-state index in [2.05, 4.69) is 0 Å². The molecule has 2 aromatic carbocycles. The highest BCUT2D eigenvalue weighted by atomic mass is 19.1. The Kier molecular flexibility index (Phi) is 5.34. The summed E-state index contributed by atoms with van der Waals surface area (Å²) in [6.45, 7) is 1.87. The molecular weight excluding hydrogens is 321 g/mol. The minimum atomic E-state index is -0.679. The number of benzene rings is 2. The Hall–Kier alpha value is -2.40. The van der Waals surface area contributed by atoms with E-state index in [9.17, 15) is 14.3 Å². The van der Waals surface area contributed by atoms with Crippen LogP contribution >= 0.6 is 0 Å². The van der Waals surface area contributed by atoms with Crippen LogP contribution in [-0.4, -0.2) is 28.1 Å². The summed E-state index contributed by atoms with van der Waals surface area (Å²) in [4.78, 5) is 14.5. The molecule has 1 unspecified atom stereocenters. The zero-order valence-corrected chi connectivity index (χ0v) is 14.2. The van der Waals surface area contributed by atoms with Crippen molar-refractivity contribution >= 4 is 5.91 Å². The number of carbonyl (C=O) groups excluding carboxylic acids is 1. The second kappa shape index (κ2) is 7.66. The highest BCUT2D eigenvalue weighted by Crippen LogP contribution is 2.30. The topological polar surface area (TPSA) is 49.8 Å². The minimum absolute atomic E-state index is 0.0823. The van der Waals surface area contributed by atoms with Crippen LogP contribution in [0.15, 0.2) is 48.5 Å². The van der Waals surface area contributed by atoms with Crippen LogP contribution in [0.4, 0.5) is 4.39 Å². The number of aliphatic hydroxyl groups excluding tert-OH is 1. The number of rotatable bonds is 7. The summed E-state index contributed by atoms with van der Waals surface area (Å²) in [7, 11) is 0. The fourth-order valence-corrected chi connectivity index (χ4v) is 2.79. The van der Waals surface area contributed by atoms with E-state index in [1.807, 2.05) is 0 Å². The molecule has 0 heterocycles. The number of hydrogen-bond acceptors (Lipinski definition) is 3. The predicted octanol–water partition coefficient (Wildman–Crippen LogP) is 3.28. The standard InChI is InChI=1S/C20H22FNO3/c1-14(25-18-7-4-5-15(11-18)13-23)20(24)22(17-9-10-17)12-16-6-2-3-8-19(16)21/h2-8,11,14,17,23H,9-10,12-13H2,1H3. The molecule has 1 aliphatic rings. The Morgan fingerprint density at radius 2 is 2.04 bits per heavy atom. The summed E-state index contributed by atoms with van der Waals surface area (Å²) in [6.07, 6.45) is 1.20. The summed E-state index contributed by atoms with van der Waals surface area (Å²) in [5.41, 5.74) is 1.24. The summed E-state index contributed by atoms with van der Waals surface area (Å²) in [5.74, 6) is 0.0827. The summed E-state index contributed by atoms with van der Waals surface area (Å²) in [5, 5.41) is 9.20. The largest absolute Gasteiger partial charge is 0.481 e. The van der Waals surface area contributed by atoms with E-state index in [4.69, 9.17) is 4.74 Å². The van der Waals surface area contributed by atoms with Crippen molar-refractivity contribution in [3.63, 3.8) is 0 Å². The van der Waals surface area contributed by atoms with E-state index in [1.54, 1.807) is 54.3 Å². The molecule has 3 rings (SSSR count). The Bertz CT molecular complexity index is 745. The third-order valence-corrected chi connectivity index (χ3v) is 4.31. The lowest BCUT2D eigenvalue weighted by Gasteiger charge is -2.26. The van der Waals surface area contributed by atoms with Crippen LogP contribution in [-0.2, 0) is 17.9 Å². The molecule has 0 radical (unpaired) electrons. The first-order chi connectivity index (χ1) is 12.1. The lowest BCUT2D eigenvalue weighted by atomic mass is 10.2. The number of halogens is 1. The molecule has 0 saturated heterocycles. The van der Waals surface area contributed by atoms with Gasteiger partial charge >= 0.3 is 0 Å². The van der Waals surface area contributed by atoms with E-state index < -0.39 is 6.10 Å². The second-order valence-corrected chi connectivity index (χ2v) is 6.35. The van der Waals surface area contributed by atoms with Gasteiger partial charge in [-0.3, -0.25) is 4.79 Å². The third-order valence-electron chi connectivity index (χ3n) is 4.31. The smallest absolute Gasteiger partial charge is 0.263 e. The van der Waals surface area contributed by atoms with Gasteiger partial charge in [-0.15, -0.1) is 0 Å². The quantitative estimate of drug-likeness (QED) is 0.839. The third kappa shape index (κ3) is 4.37. The molecule has 1 fully saturated rings. The molecule has 2 aromatic rings. The van der Waals surface area contributed by atoms with Gasteiger partial charge in [0.1, 0.15) is 11.6 Å². The van der Waals surface area contributed by atoms with Gasteiger partial charge in [0.05, 0.1) is 6.61 Å². The lowest BCUT2D eigenvalue weighted by molar-refractivity contribution is -0.139. The number of aliphatic hydroxyl groups is 1. The Labute approximate surface area is 146 Å². The van der Waals surface area contributed by atoms with Gasteiger partial charge < -0.3 is 14.7 Å². The molecule has 4 nitrogen and oxygen atoms in total. The maximum absolute atomic E-state index is 13.9. The molecular formula is C20H22FNO3. The highest BCUT2D eigenvalue weighted by Gasteiger charge is 2.35. The monoisotopic (exact) mass is 343 g/mol. The molecule has 1 atom stereocenters. The van der Waals surface area contributed by atoms with Crippen molar-refractivity contribution < 1.29 is 19.0 Å². The van der Waals surface area contributed by atoms with Gasteiger partial charge in [0.15, 0.2) is 6.10 Å². The van der Waals surface area contributed by atoms with Gasteiger partial charge in [0, 0.05) is 18.2 Å². The zero-order chi connectivity index (χ0) is 17.8. The molecule has 1 aliphatic carbocycles. The molecule has 25 heavy (non-hydrogen) atoms. The molecule has 0 bridgehead atoms. The van der Waals surface area contributed by atoms with Crippen LogP contribution in [0.2, 0.25) is 0 Å². The number of hydrogen-bond donors (Lipinski definition) is 1. The fourth-order valence-electron chi connectivity index (χ4n) is 2.79. The van der Waals surface area contributed by atoms with E-state index in [-0.39, 0.29) is 30.9 Å². The minimum Gasteiger partial charge on any atom is -0.481 e. The maximum atomic E-state index is 13.9. The van der Waals surface area contributed by atoms with Gasteiger partial charge in [-0.05, 0) is 43.5 Å². The van der Waals surface area contributed by atoms with Crippen molar-refractivity contribution in [2.24, 2.45) is 0 Å². The fraction of sp³-hybridized carbons (Fsp3) is 0.350. The van der Waals surface area contributed by atoms with Gasteiger partial charge in [-0.2, -0.15) is 0 Å². The van der Waals surface area contributed by atoms with Crippen LogP contribution in [0.25, 0.3) is 0 Å². The average Bonchev–Trinajstić information content (AvgIpc) is 3.45. The van der Waals surface area contributed by atoms with E-state index in [1.165, 1.54) is 6.07 Å². The van der Waals surface area contributed by atoms with Gasteiger partial charge in [-0.25, -0.2) is 4.39 Å². The molecule has 0 aliphatic heterocycles. The van der Waals surface area contributed by atoms with Crippen LogP contribution in [0.3, 0.4) is 0 Å². The number of nitrogens with zero attached hydrogens (tertiary/aromatic N) is 1. The van der Waals surface area contributed by atoms with Crippen molar-refractivity contribution in [1.82, 2.24) is 4.90 Å². The molecule has 132 valence electrons. The molecule has 1 amide bonds. The Morgan fingerprint density at radius 1 is 1.28 bits per heavy atom. The van der Waals surface area contributed by atoms with Crippen molar-refractivity contribution in [1.29, 1.82) is 0 Å². The average molecular weight is 343 g/mol. The van der Waals surface area contributed by atoms with Gasteiger partial charge in [0.25, 0.3) is 5.91 Å². The normalized spacial score (nSPS) is 14.8. The SMILES string of the molecule is CC(Oc1cccc(CO)c1)C(=O)N(Cc1ccccc1F)C1CC1. The molecule has 0 spiro atoms. The van der Waals surface area contributed by atoms with Gasteiger partial charge in [-0.1, -0.05) is 30.3 Å². The molecule has 5 heteroatoms. The van der Waals surface area contributed by atoms with Gasteiger partial charge in [0.2, 0.25) is 0 Å². The first-order valence-electron chi connectivity index (χ1n) is 8.49. The zero-order valence-electron chi connectivity index (χ0n) is 14.2. The first kappa shape index (κ1) is 17.4. The predicted molar refractivity (Wildman–Crippen MR) is 92.4 cm³/mol. The highest BCUT2D eigenvalue weighted by molar-refractivity contribution is 5.81. The Balaban J connectivity index is 1.70. The van der Waals surface area contributed by atoms with Crippen molar-refractivity contribution in [2.45, 2.75) is 45.1 Å². The first-order valence-corrected chi connectivity index (χ1v) is 8.49. The molecule has 1 N–H and O–H groups in total. The van der Waals surface area contributed by atoms with Crippen LogP contribution in [0.1, 0.15) is 30.9 Å². The molecule has 0 aromatic heterocycles. The number of carbonyl (C=O) groups is 1. The Morgan fingerprint density at radius 3 is 2.72 bits per heavy atom. The van der Waals surface area contributed by atoms with E-state index in [0.29, 0.717) is 11.3 Å². The van der Waals surface area contributed by atoms with Crippen molar-refractivity contribution in [3.05, 3.63) is 65.5 Å². The van der Waals surface area contributed by atoms with Crippen LogP contribution < -0.4 is 4.74 Å².